The summed E-state index contributed by atoms with van der Waals surface area (Å²) in [6.45, 7) is 6.00. The van der Waals surface area contributed by atoms with Crippen molar-refractivity contribution < 1.29 is 0 Å². The number of hydrogen-bond donors (Lipinski definition) is 0. The molecule has 0 radical (unpaired) electrons. The van der Waals surface area contributed by atoms with Crippen molar-refractivity contribution in [1.29, 1.82) is 0 Å². The largest absolute Gasteiger partial charge is 0.153 e. The standard InChI is InChI=1S/C2H4.ClH.H3P/c1-2;;/h1-2H2;1H;1H3. The Balaban J connectivity index is -0.00000000500. The van der Waals surface area contributed by atoms with Gasteiger partial charge in [0.25, 0.3) is 0 Å². The first-order valence-corrected chi connectivity index (χ1v) is 0.500. The van der Waals surface area contributed by atoms with Crippen LogP contribution in [-0.4, -0.2) is 0 Å². The van der Waals surface area contributed by atoms with Gasteiger partial charge in [0.2, 0.25) is 0 Å². The average Bonchev–Trinajstić information content (AvgIpc) is 1.00. The smallest absolute Gasteiger partial charge is 0.106 e. The summed E-state index contributed by atoms with van der Waals surface area (Å²) in [5.41, 5.74) is 0. The molecule has 0 spiro atoms. The van der Waals surface area contributed by atoms with Crippen molar-refractivity contribution in [2.75, 3.05) is 0 Å². The van der Waals surface area contributed by atoms with Crippen molar-refractivity contribution in [3.63, 3.8) is 0 Å². The third kappa shape index (κ3) is 24.8. The van der Waals surface area contributed by atoms with E-state index in [2.05, 4.69) is 13.2 Å². The van der Waals surface area contributed by atoms with Gasteiger partial charge in [-0.2, -0.15) is 9.90 Å². The van der Waals surface area contributed by atoms with Crippen LogP contribution in [0.15, 0.2) is 13.2 Å². The van der Waals surface area contributed by atoms with E-state index >= 15 is 0 Å². The molecule has 0 aliphatic carbocycles. The van der Waals surface area contributed by atoms with Crippen molar-refractivity contribution in [3.8, 4) is 0 Å². The molecule has 0 aromatic heterocycles. The monoisotopic (exact) mass is 98.0 g/mol. The van der Waals surface area contributed by atoms with E-state index in [1.165, 1.54) is 0 Å². The normalized spacial score (nSPS) is 1.00. The van der Waals surface area contributed by atoms with Crippen LogP contribution in [0.5, 0.6) is 0 Å². The summed E-state index contributed by atoms with van der Waals surface area (Å²) in [7, 11) is 0. The maximum atomic E-state index is 3.00. The van der Waals surface area contributed by atoms with Gasteiger partial charge in [0.1, 0.15) is 0 Å². The van der Waals surface area contributed by atoms with Gasteiger partial charge in [0.05, 0.1) is 0 Å². The highest BCUT2D eigenvalue weighted by molar-refractivity contribution is 6.92. The summed E-state index contributed by atoms with van der Waals surface area (Å²) in [4.78, 5) is 0. The average molecular weight is 98.5 g/mol. The van der Waals surface area contributed by atoms with Crippen molar-refractivity contribution >= 4 is 22.3 Å². The first-order valence-electron chi connectivity index (χ1n) is 0.500. The second kappa shape index (κ2) is 99.0. The van der Waals surface area contributed by atoms with Crippen LogP contribution in [0.1, 0.15) is 0 Å². The zero-order valence-electron chi connectivity index (χ0n) is 2.53. The lowest BCUT2D eigenvalue weighted by Gasteiger charge is -0.813. The Labute approximate surface area is 36.3 Å². The highest BCUT2D eigenvalue weighted by Gasteiger charge is 0.601. The van der Waals surface area contributed by atoms with Crippen LogP contribution in [-0.2, 0) is 0 Å². The third-order valence-electron chi connectivity index (χ3n) is 0. The van der Waals surface area contributed by atoms with Crippen molar-refractivity contribution in [2.24, 2.45) is 0 Å². The SMILES string of the molecule is C=C.Cl.P. The molecule has 0 heterocycles. The molecule has 0 fully saturated rings. The predicted molar refractivity (Wildman–Crippen MR) is 29.6 cm³/mol. The fourth-order valence-corrected chi connectivity index (χ4v) is 0. The topological polar surface area (TPSA) is 0 Å². The van der Waals surface area contributed by atoms with Gasteiger partial charge < -0.3 is 0 Å². The molecule has 0 aliphatic heterocycles. The molecule has 0 nitrogen and oxygen atoms in total. The highest BCUT2D eigenvalue weighted by atomic mass is 35.5. The number of halogens is 1. The van der Waals surface area contributed by atoms with Gasteiger partial charge in [-0.1, -0.05) is 0 Å². The second-order valence-corrected chi connectivity index (χ2v) is 0. The fraction of sp³-hybridized carbons (Fsp3) is 0. The Morgan fingerprint density at radius 2 is 1.00 bits per heavy atom. The lowest BCUT2D eigenvalue weighted by Crippen LogP contribution is -0.552. The molecule has 4 heavy (non-hydrogen) atoms. The van der Waals surface area contributed by atoms with Gasteiger partial charge in [0.15, 0.2) is 0 Å². The van der Waals surface area contributed by atoms with E-state index in [-0.39, 0.29) is 22.3 Å². The van der Waals surface area contributed by atoms with Crippen molar-refractivity contribution in [1.82, 2.24) is 0 Å². The molecular weight excluding hydrogens is 90.4 g/mol. The van der Waals surface area contributed by atoms with Gasteiger partial charge in [-0.15, -0.1) is 25.6 Å². The Morgan fingerprint density at radius 1 is 1.00 bits per heavy atom. The molecule has 0 rings (SSSR count). The number of hydrogen-bond acceptors (Lipinski definition) is 0. The van der Waals surface area contributed by atoms with E-state index < -0.39 is 0 Å². The Morgan fingerprint density at radius 3 is 1.00 bits per heavy atom. The Hall–Kier alpha value is 0.460. The Kier molecular flexibility index (Phi) is 620. The van der Waals surface area contributed by atoms with Gasteiger partial charge in [0, 0.05) is 0 Å². The summed E-state index contributed by atoms with van der Waals surface area (Å²) >= 11 is 0. The van der Waals surface area contributed by atoms with Crippen molar-refractivity contribution in [3.05, 3.63) is 13.2 Å². The van der Waals surface area contributed by atoms with Crippen LogP contribution in [0.4, 0.5) is 0 Å². The van der Waals surface area contributed by atoms with Gasteiger partial charge in [-0.05, 0) is 0 Å². The molecule has 0 saturated heterocycles. The molecule has 1 atom stereocenters. The molecule has 0 saturated carbocycles. The Bertz CT molecular complexity index is 6.00. The minimum Gasteiger partial charge on any atom is -0.153 e. The van der Waals surface area contributed by atoms with Crippen LogP contribution in [0, 0.1) is 0 Å². The van der Waals surface area contributed by atoms with Crippen LogP contribution >= 0.6 is 22.3 Å². The van der Waals surface area contributed by atoms with E-state index in [1.807, 2.05) is 0 Å². The lowest BCUT2D eigenvalue weighted by molar-refractivity contribution is 2.81. The second-order valence-electron chi connectivity index (χ2n) is 0. The maximum absolute atomic E-state index is 3.00. The van der Waals surface area contributed by atoms with Crippen LogP contribution in [0.2, 0.25) is 0 Å². The molecular formula is C2H8ClP. The van der Waals surface area contributed by atoms with E-state index in [1.54, 1.807) is 0 Å². The first-order chi connectivity index (χ1) is 1.00. The molecule has 0 N–H and O–H groups in total. The maximum Gasteiger partial charge on any atom is -0.106 e. The fourth-order valence-electron chi connectivity index (χ4n) is 0. The zero-order valence-corrected chi connectivity index (χ0v) is 4.76. The molecule has 0 amide bonds. The van der Waals surface area contributed by atoms with Crippen molar-refractivity contribution in [2.45, 2.75) is 0 Å². The lowest BCUT2D eigenvalue weighted by atomic mass is 11.3. The minimum absolute atomic E-state index is 0. The first kappa shape index (κ1) is 25.0. The summed E-state index contributed by atoms with van der Waals surface area (Å²) in [5.74, 6) is 0. The summed E-state index contributed by atoms with van der Waals surface area (Å²) < 4.78 is 0. The molecule has 2 heteroatoms. The molecule has 0 aromatic carbocycles. The van der Waals surface area contributed by atoms with Crippen LogP contribution in [0.3, 0.4) is 0 Å². The molecule has 0 aliphatic rings. The third-order valence-corrected chi connectivity index (χ3v) is 0. The molecule has 0 aromatic rings. The van der Waals surface area contributed by atoms with E-state index in [0.29, 0.717) is 0 Å². The van der Waals surface area contributed by atoms with Gasteiger partial charge in [-0.3, -0.25) is 0 Å². The van der Waals surface area contributed by atoms with E-state index in [9.17, 15) is 0 Å². The van der Waals surface area contributed by atoms with E-state index in [4.69, 9.17) is 0 Å². The summed E-state index contributed by atoms with van der Waals surface area (Å²) in [6.07, 6.45) is 0. The van der Waals surface area contributed by atoms with Gasteiger partial charge >= 0.3 is 0 Å². The molecule has 0 bridgehead atoms. The molecule has 1 unspecified atom stereocenters. The van der Waals surface area contributed by atoms with Crippen LogP contribution in [0.25, 0.3) is 0 Å². The quantitative estimate of drug-likeness (QED) is 0.316. The summed E-state index contributed by atoms with van der Waals surface area (Å²) in [5, 5.41) is 0. The zero-order chi connectivity index (χ0) is 2.00. The molecule has 28 valence electrons. The predicted octanol–water partition coefficient (Wildman–Crippen LogP) is 1.28. The van der Waals surface area contributed by atoms with Gasteiger partial charge in [-0.25, -0.2) is 0 Å². The number of rotatable bonds is 0. The summed E-state index contributed by atoms with van der Waals surface area (Å²) in [6, 6.07) is 0. The van der Waals surface area contributed by atoms with E-state index in [0.717, 1.165) is 0 Å². The van der Waals surface area contributed by atoms with Crippen LogP contribution < -0.4 is 0 Å². The minimum atomic E-state index is 0. The highest BCUT2D eigenvalue weighted by Crippen LogP contribution is 0.863.